The number of amides is 1. The van der Waals surface area contributed by atoms with Crippen LogP contribution in [0.1, 0.15) is 23.2 Å². The summed E-state index contributed by atoms with van der Waals surface area (Å²) in [5.41, 5.74) is 0.874. The Hall–Kier alpha value is -2.37. The van der Waals surface area contributed by atoms with Crippen molar-refractivity contribution in [3.05, 3.63) is 29.8 Å². The first-order chi connectivity index (χ1) is 8.52. The van der Waals surface area contributed by atoms with Gasteiger partial charge >= 0.3 is 11.9 Å². The molecule has 0 saturated heterocycles. The first-order valence-corrected chi connectivity index (χ1v) is 5.23. The molecule has 0 unspecified atom stereocenters. The normalized spacial score (nSPS) is 9.61. The lowest BCUT2D eigenvalue weighted by atomic mass is 10.2. The molecule has 2 N–H and O–H groups in total. The molecular weight excluding hydrogens is 238 g/mol. The number of benzene rings is 1. The topological polar surface area (TPSA) is 92.7 Å². The van der Waals surface area contributed by atoms with E-state index in [1.807, 2.05) is 0 Å². The predicted molar refractivity (Wildman–Crippen MR) is 63.3 cm³/mol. The molecule has 0 bridgehead atoms. The van der Waals surface area contributed by atoms with Crippen molar-refractivity contribution in [1.29, 1.82) is 0 Å². The molecule has 18 heavy (non-hydrogen) atoms. The van der Waals surface area contributed by atoms with E-state index < -0.39 is 11.9 Å². The van der Waals surface area contributed by atoms with Crippen LogP contribution in [0.2, 0.25) is 0 Å². The third kappa shape index (κ3) is 4.25. The largest absolute Gasteiger partial charge is 0.481 e. The lowest BCUT2D eigenvalue weighted by Crippen LogP contribution is -2.13. The average Bonchev–Trinajstić information content (AvgIpc) is 2.36. The molecule has 1 aromatic carbocycles. The summed E-state index contributed by atoms with van der Waals surface area (Å²) in [6, 6.07) is 6.12. The second kappa shape index (κ2) is 6.39. The Bertz CT molecular complexity index is 452. The minimum atomic E-state index is -1.02. The van der Waals surface area contributed by atoms with Crippen molar-refractivity contribution in [3.63, 3.8) is 0 Å². The van der Waals surface area contributed by atoms with Crippen LogP contribution in [-0.4, -0.2) is 30.1 Å². The second-order valence-electron chi connectivity index (χ2n) is 3.51. The van der Waals surface area contributed by atoms with Crippen LogP contribution in [0, 0.1) is 0 Å². The van der Waals surface area contributed by atoms with E-state index in [4.69, 9.17) is 5.11 Å². The van der Waals surface area contributed by atoms with E-state index in [1.165, 1.54) is 19.2 Å². The van der Waals surface area contributed by atoms with Crippen LogP contribution >= 0.6 is 0 Å². The van der Waals surface area contributed by atoms with Crippen LogP contribution in [0.15, 0.2) is 24.3 Å². The summed E-state index contributed by atoms with van der Waals surface area (Å²) in [6.07, 6.45) is -0.305. The van der Waals surface area contributed by atoms with Crippen molar-refractivity contribution in [2.45, 2.75) is 12.8 Å². The molecule has 6 heteroatoms. The SMILES string of the molecule is COC(=O)c1ccc(NC(=O)CCC(=O)O)cc1. The number of carbonyl (C=O) groups is 3. The molecule has 96 valence electrons. The summed E-state index contributed by atoms with van der Waals surface area (Å²) < 4.78 is 4.53. The molecule has 0 aliphatic rings. The number of carboxylic acids is 1. The van der Waals surface area contributed by atoms with Crippen molar-refractivity contribution < 1.29 is 24.2 Å². The lowest BCUT2D eigenvalue weighted by Gasteiger charge is -2.05. The number of methoxy groups -OCH3 is 1. The molecule has 0 saturated carbocycles. The van der Waals surface area contributed by atoms with E-state index in [0.29, 0.717) is 11.3 Å². The molecule has 0 aliphatic carbocycles. The number of carboxylic acid groups (broad SMARTS) is 1. The summed E-state index contributed by atoms with van der Waals surface area (Å²) in [5, 5.41) is 10.9. The smallest absolute Gasteiger partial charge is 0.337 e. The molecule has 0 spiro atoms. The zero-order chi connectivity index (χ0) is 13.5. The molecule has 1 rings (SSSR count). The molecule has 0 fully saturated rings. The van der Waals surface area contributed by atoms with Crippen LogP contribution in [0.3, 0.4) is 0 Å². The number of hydrogen-bond acceptors (Lipinski definition) is 4. The minimum Gasteiger partial charge on any atom is -0.481 e. The number of esters is 1. The van der Waals surface area contributed by atoms with Gasteiger partial charge in [-0.3, -0.25) is 9.59 Å². The van der Waals surface area contributed by atoms with Gasteiger partial charge in [0.15, 0.2) is 0 Å². The van der Waals surface area contributed by atoms with Crippen molar-refractivity contribution in [3.8, 4) is 0 Å². The summed E-state index contributed by atoms with van der Waals surface area (Å²) >= 11 is 0. The number of nitrogens with one attached hydrogen (secondary N) is 1. The fourth-order valence-corrected chi connectivity index (χ4v) is 1.25. The Morgan fingerprint density at radius 1 is 1.17 bits per heavy atom. The highest BCUT2D eigenvalue weighted by Gasteiger charge is 2.07. The van der Waals surface area contributed by atoms with Gasteiger partial charge in [-0.2, -0.15) is 0 Å². The standard InChI is InChI=1S/C12H13NO5/c1-18-12(17)8-2-4-9(5-3-8)13-10(14)6-7-11(15)16/h2-5H,6-7H2,1H3,(H,13,14)(H,15,16). The Kier molecular flexibility index (Phi) is 4.86. The van der Waals surface area contributed by atoms with E-state index >= 15 is 0 Å². The molecule has 1 aromatic rings. The number of anilines is 1. The number of rotatable bonds is 5. The van der Waals surface area contributed by atoms with Gasteiger partial charge in [0, 0.05) is 12.1 Å². The van der Waals surface area contributed by atoms with E-state index in [0.717, 1.165) is 0 Å². The van der Waals surface area contributed by atoms with Crippen LogP contribution < -0.4 is 5.32 Å². The molecule has 0 heterocycles. The average molecular weight is 251 g/mol. The Labute approximate surface area is 104 Å². The van der Waals surface area contributed by atoms with Gasteiger partial charge in [-0.05, 0) is 24.3 Å². The van der Waals surface area contributed by atoms with Gasteiger partial charge in [-0.25, -0.2) is 4.79 Å². The van der Waals surface area contributed by atoms with Gasteiger partial charge < -0.3 is 15.2 Å². The molecule has 0 radical (unpaired) electrons. The zero-order valence-corrected chi connectivity index (χ0v) is 9.80. The summed E-state index contributed by atoms with van der Waals surface area (Å²) in [5.74, 6) is -1.87. The monoisotopic (exact) mass is 251 g/mol. The molecular formula is C12H13NO5. The predicted octanol–water partition coefficient (Wildman–Crippen LogP) is 1.28. The molecule has 0 aromatic heterocycles. The van der Waals surface area contributed by atoms with Crippen molar-refractivity contribution in [1.82, 2.24) is 0 Å². The van der Waals surface area contributed by atoms with E-state index in [-0.39, 0.29) is 18.7 Å². The summed E-state index contributed by atoms with van der Waals surface area (Å²) in [4.78, 5) is 32.8. The quantitative estimate of drug-likeness (QED) is 0.769. The molecule has 0 aliphatic heterocycles. The highest BCUT2D eigenvalue weighted by atomic mass is 16.5. The van der Waals surface area contributed by atoms with Crippen LogP contribution in [0.25, 0.3) is 0 Å². The zero-order valence-electron chi connectivity index (χ0n) is 9.80. The number of aliphatic carboxylic acids is 1. The van der Waals surface area contributed by atoms with Gasteiger partial charge in [-0.15, -0.1) is 0 Å². The molecule has 0 atom stereocenters. The highest BCUT2D eigenvalue weighted by molar-refractivity contribution is 5.94. The first kappa shape index (κ1) is 13.7. The summed E-state index contributed by atoms with van der Waals surface area (Å²) in [7, 11) is 1.28. The molecule has 6 nitrogen and oxygen atoms in total. The number of hydrogen-bond donors (Lipinski definition) is 2. The van der Waals surface area contributed by atoms with E-state index in [1.54, 1.807) is 12.1 Å². The van der Waals surface area contributed by atoms with Gasteiger partial charge in [0.2, 0.25) is 5.91 Å². The fraction of sp³-hybridized carbons (Fsp3) is 0.250. The van der Waals surface area contributed by atoms with Crippen molar-refractivity contribution in [2.75, 3.05) is 12.4 Å². The third-order valence-corrected chi connectivity index (χ3v) is 2.16. The summed E-state index contributed by atoms with van der Waals surface area (Å²) in [6.45, 7) is 0. The Morgan fingerprint density at radius 3 is 2.28 bits per heavy atom. The highest BCUT2D eigenvalue weighted by Crippen LogP contribution is 2.11. The maximum atomic E-state index is 11.3. The second-order valence-corrected chi connectivity index (χ2v) is 3.51. The fourth-order valence-electron chi connectivity index (χ4n) is 1.25. The van der Waals surface area contributed by atoms with Gasteiger partial charge in [0.25, 0.3) is 0 Å². The Morgan fingerprint density at radius 2 is 1.78 bits per heavy atom. The van der Waals surface area contributed by atoms with E-state index in [9.17, 15) is 14.4 Å². The minimum absolute atomic E-state index is 0.0892. The maximum Gasteiger partial charge on any atom is 0.337 e. The van der Waals surface area contributed by atoms with E-state index in [2.05, 4.69) is 10.1 Å². The van der Waals surface area contributed by atoms with Crippen LogP contribution in [0.4, 0.5) is 5.69 Å². The number of carbonyl (C=O) groups excluding carboxylic acids is 2. The van der Waals surface area contributed by atoms with Gasteiger partial charge in [0.05, 0.1) is 19.1 Å². The molecule has 1 amide bonds. The van der Waals surface area contributed by atoms with Gasteiger partial charge in [0.1, 0.15) is 0 Å². The van der Waals surface area contributed by atoms with Crippen molar-refractivity contribution >= 4 is 23.5 Å². The van der Waals surface area contributed by atoms with Crippen LogP contribution in [-0.2, 0) is 14.3 Å². The Balaban J connectivity index is 2.55. The first-order valence-electron chi connectivity index (χ1n) is 5.23. The number of ether oxygens (including phenoxy) is 1. The third-order valence-electron chi connectivity index (χ3n) is 2.16. The van der Waals surface area contributed by atoms with Crippen molar-refractivity contribution in [2.24, 2.45) is 0 Å². The van der Waals surface area contributed by atoms with Gasteiger partial charge in [-0.1, -0.05) is 0 Å². The van der Waals surface area contributed by atoms with Crippen LogP contribution in [0.5, 0.6) is 0 Å². The lowest BCUT2D eigenvalue weighted by molar-refractivity contribution is -0.138. The maximum absolute atomic E-state index is 11.3.